The summed E-state index contributed by atoms with van der Waals surface area (Å²) in [5, 5.41) is 9.03. The van der Waals surface area contributed by atoms with Crippen LogP contribution in [0.25, 0.3) is 0 Å². The van der Waals surface area contributed by atoms with E-state index in [4.69, 9.17) is 21.7 Å². The SMILES string of the molecule is CCCCCCOc1ccc(/C=N/n2c(C(F)(F)F)n[nH]c2=S)cc1OC. The van der Waals surface area contributed by atoms with Gasteiger partial charge in [0.1, 0.15) is 0 Å². The van der Waals surface area contributed by atoms with Gasteiger partial charge in [-0.2, -0.15) is 22.9 Å². The van der Waals surface area contributed by atoms with Crippen molar-refractivity contribution in [2.45, 2.75) is 38.8 Å². The molecule has 6 nitrogen and oxygen atoms in total. The summed E-state index contributed by atoms with van der Waals surface area (Å²) in [6.45, 7) is 2.71. The van der Waals surface area contributed by atoms with E-state index in [-0.39, 0.29) is 4.77 Å². The minimum atomic E-state index is -4.67. The molecule has 0 radical (unpaired) electrons. The Hall–Kier alpha value is -2.36. The molecule has 0 atom stereocenters. The summed E-state index contributed by atoms with van der Waals surface area (Å²) in [6.07, 6.45) is 0.919. The lowest BCUT2D eigenvalue weighted by atomic mass is 10.2. The average Bonchev–Trinajstić information content (AvgIpc) is 3.01. The normalized spacial score (nSPS) is 11.9. The topological polar surface area (TPSA) is 64.4 Å². The number of rotatable bonds is 9. The van der Waals surface area contributed by atoms with Crippen LogP contribution in [0.3, 0.4) is 0 Å². The Bertz CT molecular complexity index is 830. The van der Waals surface area contributed by atoms with E-state index in [0.717, 1.165) is 25.7 Å². The van der Waals surface area contributed by atoms with Crippen LogP contribution in [0.4, 0.5) is 13.2 Å². The molecule has 0 aliphatic heterocycles. The van der Waals surface area contributed by atoms with Crippen LogP contribution in [-0.2, 0) is 6.18 Å². The second-order valence-electron chi connectivity index (χ2n) is 5.73. The van der Waals surface area contributed by atoms with E-state index in [0.29, 0.717) is 28.3 Å². The first kappa shape index (κ1) is 20.9. The molecule has 2 rings (SSSR count). The fraction of sp³-hybridized carbons (Fsp3) is 0.471. The molecule has 1 aromatic carbocycles. The van der Waals surface area contributed by atoms with Gasteiger partial charge in [-0.25, -0.2) is 5.10 Å². The van der Waals surface area contributed by atoms with Crippen LogP contribution in [0, 0.1) is 4.77 Å². The Balaban J connectivity index is 2.13. The number of alkyl halides is 3. The zero-order chi connectivity index (χ0) is 19.9. The van der Waals surface area contributed by atoms with Gasteiger partial charge in [-0.3, -0.25) is 0 Å². The molecule has 148 valence electrons. The van der Waals surface area contributed by atoms with Crippen molar-refractivity contribution in [2.75, 3.05) is 13.7 Å². The molecule has 1 aromatic heterocycles. The number of H-pyrrole nitrogens is 1. The fourth-order valence-corrected chi connectivity index (χ4v) is 2.48. The Morgan fingerprint density at radius 2 is 2.04 bits per heavy atom. The van der Waals surface area contributed by atoms with Crippen molar-refractivity contribution in [3.8, 4) is 11.5 Å². The second-order valence-corrected chi connectivity index (χ2v) is 6.11. The molecule has 0 amide bonds. The molecule has 0 aliphatic rings. The molecule has 0 fully saturated rings. The van der Waals surface area contributed by atoms with Crippen LogP contribution in [0.2, 0.25) is 0 Å². The molecule has 0 bridgehead atoms. The van der Waals surface area contributed by atoms with Crippen molar-refractivity contribution in [3.63, 3.8) is 0 Å². The lowest BCUT2D eigenvalue weighted by molar-refractivity contribution is -0.147. The van der Waals surface area contributed by atoms with Gasteiger partial charge in [-0.1, -0.05) is 26.2 Å². The van der Waals surface area contributed by atoms with Crippen LogP contribution < -0.4 is 9.47 Å². The number of aromatic amines is 1. The van der Waals surface area contributed by atoms with Crippen LogP contribution in [0.5, 0.6) is 11.5 Å². The van der Waals surface area contributed by atoms with Crippen molar-refractivity contribution in [1.29, 1.82) is 0 Å². The zero-order valence-electron chi connectivity index (χ0n) is 15.0. The van der Waals surface area contributed by atoms with Gasteiger partial charge in [0.15, 0.2) is 11.5 Å². The number of unbranched alkanes of at least 4 members (excludes halogenated alkanes) is 3. The van der Waals surface area contributed by atoms with Gasteiger partial charge in [0.05, 0.1) is 19.9 Å². The Morgan fingerprint density at radius 3 is 2.70 bits per heavy atom. The first-order valence-corrected chi connectivity index (χ1v) is 8.87. The van der Waals surface area contributed by atoms with Gasteiger partial charge in [-0.05, 0) is 42.4 Å². The molecule has 0 unspecified atom stereocenters. The Morgan fingerprint density at radius 1 is 1.26 bits per heavy atom. The summed E-state index contributed by atoms with van der Waals surface area (Å²) in [4.78, 5) is 0. The van der Waals surface area contributed by atoms with E-state index in [1.165, 1.54) is 13.3 Å². The molecule has 27 heavy (non-hydrogen) atoms. The molecule has 0 aliphatic carbocycles. The molecule has 10 heteroatoms. The largest absolute Gasteiger partial charge is 0.493 e. The lowest BCUT2D eigenvalue weighted by Crippen LogP contribution is -2.12. The number of halogens is 3. The number of hydrogen-bond donors (Lipinski definition) is 1. The van der Waals surface area contributed by atoms with E-state index >= 15 is 0 Å². The third-order valence-corrected chi connectivity index (χ3v) is 3.93. The molecule has 1 heterocycles. The molecule has 0 saturated heterocycles. The highest BCUT2D eigenvalue weighted by Gasteiger charge is 2.37. The average molecular weight is 402 g/mol. The van der Waals surface area contributed by atoms with Crippen LogP contribution in [0.1, 0.15) is 44.0 Å². The molecule has 2 aromatic rings. The summed E-state index contributed by atoms with van der Waals surface area (Å²) in [7, 11) is 1.49. The standard InChI is InChI=1S/C17H21F3N4O2S/c1-3-4-5-6-9-26-13-8-7-12(10-14(13)25-2)11-21-24-15(17(18,19)20)22-23-16(24)27/h7-8,10-11H,3-6,9H2,1-2H3,(H,23,27)/b21-11+. The number of ether oxygens (including phenoxy) is 2. The Kier molecular flexibility index (Phi) is 7.40. The second kappa shape index (κ2) is 9.54. The first-order valence-electron chi connectivity index (χ1n) is 8.46. The van der Waals surface area contributed by atoms with Crippen molar-refractivity contribution >= 4 is 18.4 Å². The molecule has 1 N–H and O–H groups in total. The van der Waals surface area contributed by atoms with Crippen molar-refractivity contribution < 1.29 is 22.6 Å². The predicted molar refractivity (Wildman–Crippen MR) is 98.0 cm³/mol. The van der Waals surface area contributed by atoms with Gasteiger partial charge in [-0.15, -0.1) is 5.10 Å². The quantitative estimate of drug-likeness (QED) is 0.371. The molecule has 0 saturated carbocycles. The number of nitrogens with one attached hydrogen (secondary N) is 1. The molecule has 0 spiro atoms. The van der Waals surface area contributed by atoms with Crippen LogP contribution in [-0.4, -0.2) is 34.8 Å². The maximum atomic E-state index is 12.9. The van der Waals surface area contributed by atoms with Crippen LogP contribution in [0.15, 0.2) is 23.3 Å². The minimum absolute atomic E-state index is 0.252. The van der Waals surface area contributed by atoms with E-state index in [1.807, 2.05) is 0 Å². The summed E-state index contributed by atoms with van der Waals surface area (Å²) in [6, 6.07) is 4.99. The monoisotopic (exact) mass is 402 g/mol. The maximum Gasteiger partial charge on any atom is 0.453 e. The highest BCUT2D eigenvalue weighted by atomic mass is 32.1. The van der Waals surface area contributed by atoms with E-state index in [9.17, 15) is 13.2 Å². The van der Waals surface area contributed by atoms with E-state index in [1.54, 1.807) is 18.2 Å². The minimum Gasteiger partial charge on any atom is -0.493 e. The van der Waals surface area contributed by atoms with Crippen molar-refractivity contribution in [2.24, 2.45) is 5.10 Å². The highest BCUT2D eigenvalue weighted by molar-refractivity contribution is 7.71. The van der Waals surface area contributed by atoms with Crippen molar-refractivity contribution in [1.82, 2.24) is 14.9 Å². The third kappa shape index (κ3) is 5.81. The van der Waals surface area contributed by atoms with Crippen molar-refractivity contribution in [3.05, 3.63) is 34.4 Å². The first-order chi connectivity index (χ1) is 12.9. The fourth-order valence-electron chi connectivity index (χ4n) is 2.30. The van der Waals surface area contributed by atoms with Gasteiger partial charge in [0, 0.05) is 0 Å². The predicted octanol–water partition coefficient (Wildman–Crippen LogP) is 4.81. The maximum absolute atomic E-state index is 12.9. The third-order valence-electron chi connectivity index (χ3n) is 3.67. The van der Waals surface area contributed by atoms with E-state index < -0.39 is 12.0 Å². The highest BCUT2D eigenvalue weighted by Crippen LogP contribution is 2.29. The molecular weight excluding hydrogens is 381 g/mol. The van der Waals surface area contributed by atoms with Crippen LogP contribution >= 0.6 is 12.2 Å². The Labute approximate surface area is 160 Å². The summed E-state index contributed by atoms with van der Waals surface area (Å²) in [5.41, 5.74) is 0.529. The van der Waals surface area contributed by atoms with Gasteiger partial charge in [0.25, 0.3) is 5.82 Å². The number of hydrogen-bond acceptors (Lipinski definition) is 5. The zero-order valence-corrected chi connectivity index (χ0v) is 15.9. The molecular formula is C17H21F3N4O2S. The van der Waals surface area contributed by atoms with Gasteiger partial charge in [0.2, 0.25) is 4.77 Å². The number of nitrogens with zero attached hydrogens (tertiary/aromatic N) is 3. The van der Waals surface area contributed by atoms with E-state index in [2.05, 4.69) is 22.2 Å². The summed E-state index contributed by atoms with van der Waals surface area (Å²) >= 11 is 4.79. The number of aromatic nitrogens is 3. The number of methoxy groups -OCH3 is 1. The summed E-state index contributed by atoms with van der Waals surface area (Å²) < 4.78 is 50.0. The smallest absolute Gasteiger partial charge is 0.453 e. The lowest BCUT2D eigenvalue weighted by Gasteiger charge is -2.11. The van der Waals surface area contributed by atoms with Gasteiger partial charge < -0.3 is 9.47 Å². The summed E-state index contributed by atoms with van der Waals surface area (Å²) in [5.74, 6) is -0.175. The number of benzene rings is 1. The van der Waals surface area contributed by atoms with Gasteiger partial charge >= 0.3 is 6.18 Å².